The Balaban J connectivity index is 1.95. The number of benzene rings is 1. The van der Waals surface area contributed by atoms with Gasteiger partial charge in [-0.1, -0.05) is 32.0 Å². The second kappa shape index (κ2) is 8.84. The van der Waals surface area contributed by atoms with E-state index in [1.807, 2.05) is 6.07 Å². The first-order valence-electron chi connectivity index (χ1n) is 8.29. The minimum atomic E-state index is -1.01. The number of hydrogen-bond donors (Lipinski definition) is 2. The molecule has 2 N–H and O–H groups in total. The zero-order chi connectivity index (χ0) is 19.1. The van der Waals surface area contributed by atoms with Crippen molar-refractivity contribution >= 4 is 23.5 Å². The van der Waals surface area contributed by atoms with Crippen LogP contribution in [0.25, 0.3) is 0 Å². The van der Waals surface area contributed by atoms with Crippen LogP contribution in [-0.2, 0) is 14.3 Å². The third kappa shape index (κ3) is 5.20. The maximum absolute atomic E-state index is 12.4. The van der Waals surface area contributed by atoms with E-state index >= 15 is 0 Å². The van der Waals surface area contributed by atoms with E-state index in [4.69, 9.17) is 9.15 Å². The molecule has 2 atom stereocenters. The van der Waals surface area contributed by atoms with E-state index in [2.05, 4.69) is 10.6 Å². The van der Waals surface area contributed by atoms with Crippen molar-refractivity contribution in [2.45, 2.75) is 32.9 Å². The summed E-state index contributed by atoms with van der Waals surface area (Å²) >= 11 is 0. The molecule has 7 heteroatoms. The van der Waals surface area contributed by atoms with Gasteiger partial charge in [-0.2, -0.15) is 0 Å². The second-order valence-electron chi connectivity index (χ2n) is 6.11. The molecule has 1 aromatic heterocycles. The first-order chi connectivity index (χ1) is 12.4. The first kappa shape index (κ1) is 19.2. The fraction of sp³-hybridized carbons (Fsp3) is 0.316. The van der Waals surface area contributed by atoms with Crippen LogP contribution in [-0.4, -0.2) is 29.9 Å². The topological polar surface area (TPSA) is 97.6 Å². The Morgan fingerprint density at radius 3 is 2.27 bits per heavy atom. The Kier molecular flexibility index (Phi) is 6.54. The number of rotatable bonds is 7. The van der Waals surface area contributed by atoms with Gasteiger partial charge in [-0.25, -0.2) is 4.79 Å². The van der Waals surface area contributed by atoms with Crippen molar-refractivity contribution in [1.29, 1.82) is 0 Å². The summed E-state index contributed by atoms with van der Waals surface area (Å²) in [5.41, 5.74) is 0.604. The molecule has 0 aliphatic heterocycles. The largest absolute Gasteiger partial charge is 0.459 e. The highest BCUT2D eigenvalue weighted by Gasteiger charge is 2.29. The number of amides is 2. The predicted molar refractivity (Wildman–Crippen MR) is 95.4 cm³/mol. The van der Waals surface area contributed by atoms with Crippen molar-refractivity contribution in [3.63, 3.8) is 0 Å². The van der Waals surface area contributed by atoms with Crippen molar-refractivity contribution in [2.24, 2.45) is 5.92 Å². The fourth-order valence-electron chi connectivity index (χ4n) is 2.18. The van der Waals surface area contributed by atoms with E-state index in [9.17, 15) is 14.4 Å². The van der Waals surface area contributed by atoms with Crippen LogP contribution in [0.5, 0.6) is 0 Å². The highest BCUT2D eigenvalue weighted by atomic mass is 16.5. The van der Waals surface area contributed by atoms with E-state index in [0.29, 0.717) is 5.69 Å². The van der Waals surface area contributed by atoms with Crippen LogP contribution in [0.4, 0.5) is 5.69 Å². The number of anilines is 1. The maximum Gasteiger partial charge on any atom is 0.329 e. The molecular formula is C19H22N2O5. The fourth-order valence-corrected chi connectivity index (χ4v) is 2.18. The molecule has 1 heterocycles. The Hall–Kier alpha value is -3.09. The smallest absolute Gasteiger partial charge is 0.329 e. The third-order valence-corrected chi connectivity index (χ3v) is 3.66. The number of esters is 1. The standard InChI is InChI=1S/C19H22N2O5/c1-12(2)16(21-18(23)15-10-7-11-25-15)19(24)26-13(3)17(22)20-14-8-5-4-6-9-14/h4-13,16H,1-3H3,(H,20,22)(H,21,23)/t13-,16+/m1/s1. The zero-order valence-electron chi connectivity index (χ0n) is 14.9. The lowest BCUT2D eigenvalue weighted by Gasteiger charge is -2.22. The van der Waals surface area contributed by atoms with Gasteiger partial charge < -0.3 is 19.8 Å². The van der Waals surface area contributed by atoms with Crippen LogP contribution in [0.1, 0.15) is 31.3 Å². The van der Waals surface area contributed by atoms with Crippen LogP contribution in [0.2, 0.25) is 0 Å². The molecule has 7 nitrogen and oxygen atoms in total. The van der Waals surface area contributed by atoms with Gasteiger partial charge in [-0.05, 0) is 37.1 Å². The summed E-state index contributed by atoms with van der Waals surface area (Å²) in [5.74, 6) is -1.80. The summed E-state index contributed by atoms with van der Waals surface area (Å²) in [5, 5.41) is 5.23. The molecule has 0 aliphatic carbocycles. The lowest BCUT2D eigenvalue weighted by molar-refractivity contribution is -0.156. The van der Waals surface area contributed by atoms with Gasteiger partial charge in [0.2, 0.25) is 0 Å². The lowest BCUT2D eigenvalue weighted by atomic mass is 10.0. The molecule has 0 fully saturated rings. The molecule has 0 saturated carbocycles. The average Bonchev–Trinajstić information content (AvgIpc) is 3.14. The van der Waals surface area contributed by atoms with E-state index in [1.165, 1.54) is 19.3 Å². The van der Waals surface area contributed by atoms with Crippen LogP contribution >= 0.6 is 0 Å². The van der Waals surface area contributed by atoms with E-state index in [-0.39, 0.29) is 11.7 Å². The highest BCUT2D eigenvalue weighted by molar-refractivity contribution is 5.97. The molecule has 0 saturated heterocycles. The van der Waals surface area contributed by atoms with Gasteiger partial charge in [0.1, 0.15) is 6.04 Å². The molecule has 0 spiro atoms. The molecule has 0 radical (unpaired) electrons. The van der Waals surface area contributed by atoms with Gasteiger partial charge in [0.25, 0.3) is 11.8 Å². The van der Waals surface area contributed by atoms with E-state index < -0.39 is 29.9 Å². The molecule has 1 aromatic carbocycles. The summed E-state index contributed by atoms with van der Waals surface area (Å²) in [7, 11) is 0. The van der Waals surface area contributed by atoms with Crippen molar-refractivity contribution < 1.29 is 23.5 Å². The molecule has 2 aromatic rings. The van der Waals surface area contributed by atoms with Crippen LogP contribution in [0, 0.1) is 5.92 Å². The summed E-state index contributed by atoms with van der Waals surface area (Å²) in [4.78, 5) is 36.7. The molecule has 138 valence electrons. The van der Waals surface area contributed by atoms with Gasteiger partial charge in [0, 0.05) is 5.69 Å². The van der Waals surface area contributed by atoms with Gasteiger partial charge >= 0.3 is 5.97 Å². The molecule has 0 aliphatic rings. The third-order valence-electron chi connectivity index (χ3n) is 3.66. The predicted octanol–water partition coefficient (Wildman–Crippen LogP) is 2.60. The lowest BCUT2D eigenvalue weighted by Crippen LogP contribution is -2.47. The molecule has 2 amide bonds. The Morgan fingerprint density at radius 1 is 1.00 bits per heavy atom. The normalized spacial score (nSPS) is 12.9. The van der Waals surface area contributed by atoms with Crippen molar-refractivity contribution in [2.75, 3.05) is 5.32 Å². The number of furan rings is 1. The maximum atomic E-state index is 12.4. The van der Waals surface area contributed by atoms with Crippen LogP contribution in [0.3, 0.4) is 0 Å². The molecular weight excluding hydrogens is 336 g/mol. The number of nitrogens with one attached hydrogen (secondary N) is 2. The van der Waals surface area contributed by atoms with Gasteiger partial charge in [0.05, 0.1) is 6.26 Å². The van der Waals surface area contributed by atoms with E-state index in [0.717, 1.165) is 0 Å². The minimum Gasteiger partial charge on any atom is -0.459 e. The average molecular weight is 358 g/mol. The highest BCUT2D eigenvalue weighted by Crippen LogP contribution is 2.10. The Bertz CT molecular complexity index is 741. The number of para-hydroxylation sites is 1. The number of carbonyl (C=O) groups is 3. The van der Waals surface area contributed by atoms with Gasteiger partial charge in [-0.3, -0.25) is 9.59 Å². The van der Waals surface area contributed by atoms with Crippen molar-refractivity contribution in [1.82, 2.24) is 5.32 Å². The SMILES string of the molecule is CC(C)[C@H](NC(=O)c1ccco1)C(=O)O[C@H](C)C(=O)Nc1ccccc1. The summed E-state index contributed by atoms with van der Waals surface area (Å²) in [6.07, 6.45) is 0.359. The quantitative estimate of drug-likeness (QED) is 0.742. The first-order valence-corrected chi connectivity index (χ1v) is 8.29. The monoisotopic (exact) mass is 358 g/mol. The number of carbonyl (C=O) groups excluding carboxylic acids is 3. The van der Waals surface area contributed by atoms with Gasteiger partial charge in [-0.15, -0.1) is 0 Å². The van der Waals surface area contributed by atoms with E-state index in [1.54, 1.807) is 44.2 Å². The molecule has 2 rings (SSSR count). The van der Waals surface area contributed by atoms with Crippen molar-refractivity contribution in [3.8, 4) is 0 Å². The van der Waals surface area contributed by atoms with Crippen molar-refractivity contribution in [3.05, 3.63) is 54.5 Å². The zero-order valence-corrected chi connectivity index (χ0v) is 14.9. The molecule has 26 heavy (non-hydrogen) atoms. The minimum absolute atomic E-state index is 0.0957. The Morgan fingerprint density at radius 2 is 1.69 bits per heavy atom. The van der Waals surface area contributed by atoms with Crippen LogP contribution in [0.15, 0.2) is 53.1 Å². The summed E-state index contributed by atoms with van der Waals surface area (Å²) in [6, 6.07) is 11.0. The van der Waals surface area contributed by atoms with Gasteiger partial charge in [0.15, 0.2) is 11.9 Å². The number of hydrogen-bond acceptors (Lipinski definition) is 5. The summed E-state index contributed by atoms with van der Waals surface area (Å²) < 4.78 is 10.2. The number of ether oxygens (including phenoxy) is 1. The second-order valence-corrected chi connectivity index (χ2v) is 6.11. The summed E-state index contributed by atoms with van der Waals surface area (Å²) in [6.45, 7) is 5.01. The molecule has 0 bridgehead atoms. The Labute approximate surface area is 151 Å². The van der Waals surface area contributed by atoms with Crippen LogP contribution < -0.4 is 10.6 Å². The molecule has 0 unspecified atom stereocenters.